The summed E-state index contributed by atoms with van der Waals surface area (Å²) in [5.74, 6) is 0.221. The van der Waals surface area contributed by atoms with Crippen molar-refractivity contribution in [1.82, 2.24) is 0 Å². The average Bonchev–Trinajstić information content (AvgIpc) is 2.25. The Morgan fingerprint density at radius 2 is 1.88 bits per heavy atom. The van der Waals surface area contributed by atoms with Crippen molar-refractivity contribution in [3.05, 3.63) is 0 Å². The van der Waals surface area contributed by atoms with E-state index in [1.165, 1.54) is 0 Å². The minimum absolute atomic E-state index is 0.0141. The number of hydrogen-bond acceptors (Lipinski definition) is 4. The highest BCUT2D eigenvalue weighted by atomic mass is 32.2. The first-order valence-corrected chi connectivity index (χ1v) is 7.73. The molecule has 0 radical (unpaired) electrons. The molecule has 0 bridgehead atoms. The molecule has 1 atom stereocenters. The van der Waals surface area contributed by atoms with E-state index in [9.17, 15) is 13.2 Å². The monoisotopic (exact) mass is 249 g/mol. The van der Waals surface area contributed by atoms with Crippen LogP contribution < -0.4 is 5.73 Å². The van der Waals surface area contributed by atoms with Crippen LogP contribution in [0.2, 0.25) is 0 Å². The van der Waals surface area contributed by atoms with Gasteiger partial charge in [0, 0.05) is 12.2 Å². The number of carbonyl (C=O) groups is 1. The van der Waals surface area contributed by atoms with E-state index in [1.807, 2.05) is 6.92 Å². The fourth-order valence-electron chi connectivity index (χ4n) is 1.38. The molecule has 0 aromatic rings. The van der Waals surface area contributed by atoms with Crippen LogP contribution in [-0.2, 0) is 14.6 Å². The van der Waals surface area contributed by atoms with Crippen LogP contribution in [0, 0.1) is 0 Å². The summed E-state index contributed by atoms with van der Waals surface area (Å²) < 4.78 is 22.4. The van der Waals surface area contributed by atoms with Crippen LogP contribution in [0.5, 0.6) is 0 Å². The molecule has 1 unspecified atom stereocenters. The van der Waals surface area contributed by atoms with Crippen molar-refractivity contribution in [1.29, 1.82) is 0 Å². The molecule has 16 heavy (non-hydrogen) atoms. The zero-order valence-corrected chi connectivity index (χ0v) is 11.1. The molecular weight excluding hydrogens is 226 g/mol. The van der Waals surface area contributed by atoms with Crippen molar-refractivity contribution >= 4 is 15.6 Å². The van der Waals surface area contributed by atoms with E-state index in [1.54, 1.807) is 6.92 Å². The Balaban J connectivity index is 3.81. The number of rotatable bonds is 9. The smallest absolute Gasteiger partial charge is 0.150 e. The fraction of sp³-hybridized carbons (Fsp3) is 0.909. The summed E-state index contributed by atoms with van der Waals surface area (Å²) in [6.45, 7) is 3.66. The third kappa shape index (κ3) is 6.95. The molecule has 0 saturated carbocycles. The number of carbonyl (C=O) groups excluding carboxylic acids is 1. The zero-order valence-electron chi connectivity index (χ0n) is 10.2. The Kier molecular flexibility index (Phi) is 7.58. The molecule has 96 valence electrons. The van der Waals surface area contributed by atoms with Gasteiger partial charge in [-0.2, -0.15) is 0 Å². The maximum atomic E-state index is 11.5. The SMILES string of the molecule is CCCCC(N)C(=O)CCCS(=O)(=O)CC. The molecule has 0 heterocycles. The molecule has 0 spiro atoms. The van der Waals surface area contributed by atoms with Crippen molar-refractivity contribution in [3.63, 3.8) is 0 Å². The minimum atomic E-state index is -2.95. The molecule has 2 N–H and O–H groups in total. The molecule has 0 amide bonds. The van der Waals surface area contributed by atoms with Crippen molar-refractivity contribution in [2.24, 2.45) is 5.73 Å². The topological polar surface area (TPSA) is 77.2 Å². The Hall–Kier alpha value is -0.420. The van der Waals surface area contributed by atoms with Gasteiger partial charge in [0.05, 0.1) is 11.8 Å². The van der Waals surface area contributed by atoms with Crippen molar-refractivity contribution in [3.8, 4) is 0 Å². The van der Waals surface area contributed by atoms with Crippen molar-refractivity contribution in [2.75, 3.05) is 11.5 Å². The summed E-state index contributed by atoms with van der Waals surface area (Å²) in [5, 5.41) is 0. The second kappa shape index (κ2) is 7.79. The summed E-state index contributed by atoms with van der Waals surface area (Å²) >= 11 is 0. The van der Waals surface area contributed by atoms with Crippen LogP contribution >= 0.6 is 0 Å². The molecule has 0 aliphatic rings. The largest absolute Gasteiger partial charge is 0.322 e. The number of ketones is 1. The zero-order chi connectivity index (χ0) is 12.6. The number of Topliss-reactive ketones (excluding diaryl/α,β-unsaturated/α-hetero) is 1. The number of sulfone groups is 1. The van der Waals surface area contributed by atoms with Gasteiger partial charge >= 0.3 is 0 Å². The van der Waals surface area contributed by atoms with Gasteiger partial charge in [0.15, 0.2) is 0 Å². The molecule has 0 fully saturated rings. The van der Waals surface area contributed by atoms with Gasteiger partial charge in [-0.25, -0.2) is 8.42 Å². The van der Waals surface area contributed by atoms with Crippen LogP contribution in [-0.4, -0.2) is 31.7 Å². The van der Waals surface area contributed by atoms with E-state index in [-0.39, 0.29) is 23.7 Å². The number of hydrogen-bond donors (Lipinski definition) is 1. The van der Waals surface area contributed by atoms with Gasteiger partial charge < -0.3 is 5.73 Å². The highest BCUT2D eigenvalue weighted by molar-refractivity contribution is 7.91. The van der Waals surface area contributed by atoms with Crippen LogP contribution in [0.3, 0.4) is 0 Å². The molecule has 0 aliphatic heterocycles. The minimum Gasteiger partial charge on any atom is -0.322 e. The van der Waals surface area contributed by atoms with Crippen molar-refractivity contribution < 1.29 is 13.2 Å². The fourth-order valence-corrected chi connectivity index (χ4v) is 2.25. The Bertz CT molecular complexity index is 298. The standard InChI is InChI=1S/C11H23NO3S/c1-3-5-7-10(12)11(13)8-6-9-16(14,15)4-2/h10H,3-9,12H2,1-2H3. The van der Waals surface area contributed by atoms with Crippen LogP contribution in [0.1, 0.15) is 46.0 Å². The lowest BCUT2D eigenvalue weighted by Crippen LogP contribution is -2.30. The quantitative estimate of drug-likeness (QED) is 0.668. The first kappa shape index (κ1) is 15.6. The predicted octanol–water partition coefficient (Wildman–Crippen LogP) is 1.29. The molecule has 0 aliphatic carbocycles. The summed E-state index contributed by atoms with van der Waals surface area (Å²) in [4.78, 5) is 11.5. The third-order valence-electron chi connectivity index (χ3n) is 2.60. The molecule has 5 heteroatoms. The number of nitrogens with two attached hydrogens (primary N) is 1. The summed E-state index contributed by atoms with van der Waals surface area (Å²) in [6.07, 6.45) is 3.35. The Labute approximate surface area is 98.5 Å². The van der Waals surface area contributed by atoms with Crippen LogP contribution in [0.25, 0.3) is 0 Å². The van der Waals surface area contributed by atoms with Crippen LogP contribution in [0.4, 0.5) is 0 Å². The Morgan fingerprint density at radius 3 is 2.38 bits per heavy atom. The first-order valence-electron chi connectivity index (χ1n) is 5.91. The molecule has 0 aromatic carbocycles. The van der Waals surface area contributed by atoms with E-state index in [0.29, 0.717) is 12.8 Å². The van der Waals surface area contributed by atoms with Gasteiger partial charge in [-0.15, -0.1) is 0 Å². The maximum Gasteiger partial charge on any atom is 0.150 e. The van der Waals surface area contributed by atoms with Gasteiger partial charge in [0.25, 0.3) is 0 Å². The van der Waals surface area contributed by atoms with E-state index in [0.717, 1.165) is 12.8 Å². The van der Waals surface area contributed by atoms with E-state index in [4.69, 9.17) is 5.73 Å². The second-order valence-electron chi connectivity index (χ2n) is 4.05. The normalized spacial score (nSPS) is 13.7. The van der Waals surface area contributed by atoms with Gasteiger partial charge in [-0.05, 0) is 12.8 Å². The lowest BCUT2D eigenvalue weighted by Gasteiger charge is -2.09. The summed E-state index contributed by atoms with van der Waals surface area (Å²) in [7, 11) is -2.95. The summed E-state index contributed by atoms with van der Waals surface area (Å²) in [6, 6.07) is -0.413. The first-order chi connectivity index (χ1) is 7.43. The number of unbranched alkanes of at least 4 members (excludes halogenated alkanes) is 1. The lowest BCUT2D eigenvalue weighted by molar-refractivity contribution is -0.120. The summed E-state index contributed by atoms with van der Waals surface area (Å²) in [5.41, 5.74) is 5.69. The Morgan fingerprint density at radius 1 is 1.25 bits per heavy atom. The molecule has 0 saturated heterocycles. The highest BCUT2D eigenvalue weighted by Gasteiger charge is 2.14. The predicted molar refractivity (Wildman–Crippen MR) is 66.1 cm³/mol. The van der Waals surface area contributed by atoms with E-state index in [2.05, 4.69) is 0 Å². The van der Waals surface area contributed by atoms with E-state index < -0.39 is 15.9 Å². The highest BCUT2D eigenvalue weighted by Crippen LogP contribution is 2.04. The lowest BCUT2D eigenvalue weighted by atomic mass is 10.0. The second-order valence-corrected chi connectivity index (χ2v) is 6.53. The van der Waals surface area contributed by atoms with E-state index >= 15 is 0 Å². The van der Waals surface area contributed by atoms with Gasteiger partial charge in [0.2, 0.25) is 0 Å². The van der Waals surface area contributed by atoms with Crippen molar-refractivity contribution in [2.45, 2.75) is 52.0 Å². The van der Waals surface area contributed by atoms with Crippen LogP contribution in [0.15, 0.2) is 0 Å². The average molecular weight is 249 g/mol. The van der Waals surface area contributed by atoms with Gasteiger partial charge in [-0.3, -0.25) is 4.79 Å². The third-order valence-corrected chi connectivity index (χ3v) is 4.39. The molecule has 0 rings (SSSR count). The molecule has 0 aromatic heterocycles. The molecular formula is C11H23NO3S. The van der Waals surface area contributed by atoms with Gasteiger partial charge in [-0.1, -0.05) is 26.7 Å². The van der Waals surface area contributed by atoms with Gasteiger partial charge in [0.1, 0.15) is 15.6 Å². The maximum absolute atomic E-state index is 11.5. The molecule has 4 nitrogen and oxygen atoms in total.